The fourth-order valence-electron chi connectivity index (χ4n) is 1.88. The van der Waals surface area contributed by atoms with Gasteiger partial charge in [0.25, 0.3) is 0 Å². The van der Waals surface area contributed by atoms with Gasteiger partial charge in [0.1, 0.15) is 19.5 Å². The summed E-state index contributed by atoms with van der Waals surface area (Å²) in [5, 5.41) is 7.28. The number of rotatable bonds is 3. The van der Waals surface area contributed by atoms with Gasteiger partial charge in [-0.25, -0.2) is 9.50 Å². The molecular formula is C13H12BN5. The lowest BCUT2D eigenvalue weighted by molar-refractivity contribution is 0.949. The minimum absolute atomic E-state index is 0.497. The van der Waals surface area contributed by atoms with Crippen LogP contribution in [0.3, 0.4) is 0 Å². The molecule has 0 aliphatic heterocycles. The Labute approximate surface area is 111 Å². The molecule has 2 radical (unpaired) electrons. The van der Waals surface area contributed by atoms with Crippen molar-refractivity contribution in [1.29, 1.82) is 0 Å². The Kier molecular flexibility index (Phi) is 2.83. The summed E-state index contributed by atoms with van der Waals surface area (Å²) in [5.41, 5.74) is 8.15. The standard InChI is InChI=1S/C13H12BN5/c14-10-8-17-19-11(15)6-12(18-13(10)19)16-7-9-4-2-1-3-5-9/h1-6,8H,7,15H2,(H,16,18). The third-order valence-electron chi connectivity index (χ3n) is 2.84. The molecule has 0 amide bonds. The molecule has 3 aromatic rings. The van der Waals surface area contributed by atoms with E-state index >= 15 is 0 Å². The van der Waals surface area contributed by atoms with Crippen LogP contribution in [0.2, 0.25) is 0 Å². The lowest BCUT2D eigenvalue weighted by Crippen LogP contribution is -2.09. The van der Waals surface area contributed by atoms with Crippen molar-refractivity contribution in [2.75, 3.05) is 11.1 Å². The summed E-state index contributed by atoms with van der Waals surface area (Å²) < 4.78 is 1.52. The highest BCUT2D eigenvalue weighted by atomic mass is 15.3. The maximum Gasteiger partial charge on any atom is 0.152 e. The third kappa shape index (κ3) is 2.24. The van der Waals surface area contributed by atoms with E-state index in [0.29, 0.717) is 29.3 Å². The number of anilines is 2. The van der Waals surface area contributed by atoms with E-state index in [2.05, 4.69) is 15.4 Å². The topological polar surface area (TPSA) is 68.2 Å². The summed E-state index contributed by atoms with van der Waals surface area (Å²) in [6.07, 6.45) is 1.54. The van der Waals surface area contributed by atoms with Crippen molar-refractivity contribution in [1.82, 2.24) is 14.6 Å². The number of aromatic nitrogens is 3. The summed E-state index contributed by atoms with van der Waals surface area (Å²) in [4.78, 5) is 4.40. The summed E-state index contributed by atoms with van der Waals surface area (Å²) >= 11 is 0. The number of nitrogens with one attached hydrogen (secondary N) is 1. The van der Waals surface area contributed by atoms with Gasteiger partial charge < -0.3 is 11.1 Å². The normalized spacial score (nSPS) is 10.7. The fourth-order valence-corrected chi connectivity index (χ4v) is 1.88. The van der Waals surface area contributed by atoms with Gasteiger partial charge >= 0.3 is 0 Å². The smallest absolute Gasteiger partial charge is 0.152 e. The van der Waals surface area contributed by atoms with Crippen LogP contribution in [0.25, 0.3) is 5.65 Å². The van der Waals surface area contributed by atoms with Crippen LogP contribution in [0, 0.1) is 0 Å². The Morgan fingerprint density at radius 2 is 2.05 bits per heavy atom. The van der Waals surface area contributed by atoms with E-state index in [-0.39, 0.29) is 0 Å². The highest BCUT2D eigenvalue weighted by Crippen LogP contribution is 2.12. The predicted molar refractivity (Wildman–Crippen MR) is 76.6 cm³/mol. The van der Waals surface area contributed by atoms with E-state index in [0.717, 1.165) is 0 Å². The molecule has 0 saturated carbocycles. The van der Waals surface area contributed by atoms with Gasteiger partial charge in [-0.2, -0.15) is 5.10 Å². The number of hydrogen-bond acceptors (Lipinski definition) is 4. The summed E-state index contributed by atoms with van der Waals surface area (Å²) in [6, 6.07) is 11.8. The van der Waals surface area contributed by atoms with E-state index in [9.17, 15) is 0 Å². The molecule has 3 rings (SSSR count). The zero-order chi connectivity index (χ0) is 13.2. The van der Waals surface area contributed by atoms with Gasteiger partial charge in [0, 0.05) is 18.8 Å². The molecule has 2 aromatic heterocycles. The number of nitrogen functional groups attached to an aromatic ring is 1. The molecule has 0 spiro atoms. The molecular weight excluding hydrogens is 237 g/mol. The quantitative estimate of drug-likeness (QED) is 0.671. The molecule has 2 heterocycles. The van der Waals surface area contributed by atoms with Crippen LogP contribution < -0.4 is 16.5 Å². The van der Waals surface area contributed by atoms with Crippen molar-refractivity contribution in [3.63, 3.8) is 0 Å². The second kappa shape index (κ2) is 4.64. The first-order chi connectivity index (χ1) is 9.24. The van der Waals surface area contributed by atoms with Gasteiger partial charge in [0.2, 0.25) is 0 Å². The molecule has 19 heavy (non-hydrogen) atoms. The van der Waals surface area contributed by atoms with Crippen LogP contribution in [-0.2, 0) is 6.54 Å². The van der Waals surface area contributed by atoms with Crippen molar-refractivity contribution in [3.8, 4) is 0 Å². The van der Waals surface area contributed by atoms with Gasteiger partial charge in [0.15, 0.2) is 5.65 Å². The average Bonchev–Trinajstić information content (AvgIpc) is 2.80. The molecule has 5 nitrogen and oxygen atoms in total. The maximum atomic E-state index is 5.90. The van der Waals surface area contributed by atoms with Crippen LogP contribution in [0.15, 0.2) is 42.6 Å². The number of nitrogens with zero attached hydrogens (tertiary/aromatic N) is 3. The Balaban J connectivity index is 1.87. The largest absolute Gasteiger partial charge is 0.383 e. The first-order valence-electron chi connectivity index (χ1n) is 5.91. The Morgan fingerprint density at radius 3 is 2.84 bits per heavy atom. The van der Waals surface area contributed by atoms with E-state index < -0.39 is 0 Å². The fraction of sp³-hybridized carbons (Fsp3) is 0.0769. The van der Waals surface area contributed by atoms with Crippen LogP contribution in [-0.4, -0.2) is 22.4 Å². The monoisotopic (exact) mass is 249 g/mol. The van der Waals surface area contributed by atoms with Gasteiger partial charge in [-0.1, -0.05) is 30.3 Å². The van der Waals surface area contributed by atoms with Crippen LogP contribution in [0.1, 0.15) is 5.56 Å². The molecule has 0 unspecified atom stereocenters. The molecule has 6 heteroatoms. The molecule has 0 saturated heterocycles. The molecule has 0 fully saturated rings. The molecule has 0 aliphatic rings. The lowest BCUT2D eigenvalue weighted by atomic mass is 10.0. The minimum Gasteiger partial charge on any atom is -0.383 e. The molecule has 0 atom stereocenters. The van der Waals surface area contributed by atoms with Gasteiger partial charge in [0.05, 0.1) is 0 Å². The van der Waals surface area contributed by atoms with Crippen molar-refractivity contribution in [3.05, 3.63) is 48.2 Å². The van der Waals surface area contributed by atoms with Gasteiger partial charge in [-0.15, -0.1) is 0 Å². The summed E-state index contributed by atoms with van der Waals surface area (Å²) in [5.74, 6) is 1.18. The minimum atomic E-state index is 0.497. The van der Waals surface area contributed by atoms with Crippen molar-refractivity contribution in [2.45, 2.75) is 6.54 Å². The molecule has 3 N–H and O–H groups in total. The van der Waals surface area contributed by atoms with Crippen LogP contribution in [0.4, 0.5) is 11.6 Å². The second-order valence-electron chi connectivity index (χ2n) is 4.24. The van der Waals surface area contributed by atoms with Crippen molar-refractivity contribution in [2.24, 2.45) is 0 Å². The molecule has 0 aliphatic carbocycles. The van der Waals surface area contributed by atoms with Crippen molar-refractivity contribution >= 4 is 30.6 Å². The van der Waals surface area contributed by atoms with Crippen molar-refractivity contribution < 1.29 is 0 Å². The van der Waals surface area contributed by atoms with Crippen LogP contribution in [0.5, 0.6) is 0 Å². The second-order valence-corrected chi connectivity index (χ2v) is 4.24. The molecule has 92 valence electrons. The number of fused-ring (bicyclic) bond motifs is 1. The zero-order valence-electron chi connectivity index (χ0n) is 10.2. The Hall–Kier alpha value is -2.50. The number of hydrogen-bond donors (Lipinski definition) is 2. The molecule has 0 bridgehead atoms. The van der Waals surface area contributed by atoms with Crippen LogP contribution >= 0.6 is 0 Å². The first kappa shape index (κ1) is 11.6. The Morgan fingerprint density at radius 1 is 1.26 bits per heavy atom. The average molecular weight is 249 g/mol. The van der Waals surface area contributed by atoms with Gasteiger partial charge in [-0.05, 0) is 11.0 Å². The third-order valence-corrected chi connectivity index (χ3v) is 2.84. The number of benzene rings is 1. The molecule has 1 aromatic carbocycles. The summed E-state index contributed by atoms with van der Waals surface area (Å²) in [6.45, 7) is 0.678. The highest BCUT2D eigenvalue weighted by Gasteiger charge is 2.06. The Bertz CT molecular complexity index is 708. The number of nitrogens with two attached hydrogens (primary N) is 1. The summed E-state index contributed by atoms with van der Waals surface area (Å²) in [7, 11) is 5.79. The van der Waals surface area contributed by atoms with E-state index in [1.165, 1.54) is 10.1 Å². The predicted octanol–water partition coefficient (Wildman–Crippen LogP) is 0.717. The van der Waals surface area contributed by atoms with E-state index in [4.69, 9.17) is 13.6 Å². The van der Waals surface area contributed by atoms with E-state index in [1.807, 2.05) is 30.3 Å². The highest BCUT2D eigenvalue weighted by molar-refractivity contribution is 6.36. The first-order valence-corrected chi connectivity index (χ1v) is 5.91. The van der Waals surface area contributed by atoms with E-state index in [1.54, 1.807) is 12.3 Å². The zero-order valence-corrected chi connectivity index (χ0v) is 10.2. The lowest BCUT2D eigenvalue weighted by Gasteiger charge is -2.08. The van der Waals surface area contributed by atoms with Gasteiger partial charge in [-0.3, -0.25) is 0 Å². The maximum absolute atomic E-state index is 5.90. The SMILES string of the molecule is [B]c1cnn2c(N)cc(NCc3ccccc3)nc12.